The lowest BCUT2D eigenvalue weighted by atomic mass is 9.83. The van der Waals surface area contributed by atoms with E-state index in [0.717, 1.165) is 0 Å². The number of allylic oxidation sites excluding steroid dienone is 1. The molecule has 6 heteroatoms. The Hall–Kier alpha value is -1.53. The maximum atomic E-state index is 14.6. The lowest BCUT2D eigenvalue weighted by Gasteiger charge is -2.32. The second-order valence-electron chi connectivity index (χ2n) is 6.26. The molecule has 4 nitrogen and oxygen atoms in total. The summed E-state index contributed by atoms with van der Waals surface area (Å²) in [6.07, 6.45) is 0. The van der Waals surface area contributed by atoms with E-state index in [9.17, 15) is 14.6 Å². The molecular formula is C15H20BFO4. The minimum absolute atomic E-state index is 0.0520. The van der Waals surface area contributed by atoms with Gasteiger partial charge in [-0.05, 0) is 58.4 Å². The minimum atomic E-state index is -1.13. The molecule has 1 aromatic carbocycles. The molecule has 2 N–H and O–H groups in total. The fourth-order valence-electron chi connectivity index (χ4n) is 2.08. The van der Waals surface area contributed by atoms with E-state index in [1.54, 1.807) is 0 Å². The van der Waals surface area contributed by atoms with Crippen molar-refractivity contribution in [1.29, 1.82) is 0 Å². The highest BCUT2D eigenvalue weighted by Crippen LogP contribution is 2.41. The lowest BCUT2D eigenvalue weighted by molar-refractivity contribution is 0.00578. The molecule has 0 unspecified atom stereocenters. The first-order valence-electron chi connectivity index (χ1n) is 6.79. The van der Waals surface area contributed by atoms with E-state index < -0.39 is 24.0 Å². The van der Waals surface area contributed by atoms with Crippen LogP contribution in [-0.2, 0) is 9.31 Å². The molecule has 1 fully saturated rings. The van der Waals surface area contributed by atoms with Crippen LogP contribution in [0.15, 0.2) is 23.9 Å². The summed E-state index contributed by atoms with van der Waals surface area (Å²) in [5.41, 5.74) is -1.52. The standard InChI is InChI=1S/C15H20BFO4/c1-9(11-8-10(18)6-7-12(11)19)13(17)16-20-14(2,3)15(4,5)21-16/h6-8,18-19H,1-5H3. The summed E-state index contributed by atoms with van der Waals surface area (Å²) in [4.78, 5) is 0. The molecule has 0 amide bonds. The summed E-state index contributed by atoms with van der Waals surface area (Å²) < 4.78 is 25.9. The van der Waals surface area contributed by atoms with Gasteiger partial charge in [0.2, 0.25) is 0 Å². The molecule has 0 aromatic heterocycles. The first kappa shape index (κ1) is 15.9. The van der Waals surface area contributed by atoms with Crippen LogP contribution in [0.2, 0.25) is 0 Å². The molecule has 0 radical (unpaired) electrons. The van der Waals surface area contributed by atoms with E-state index in [4.69, 9.17) is 9.31 Å². The molecule has 1 aliphatic rings. The Labute approximate surface area is 124 Å². The van der Waals surface area contributed by atoms with Gasteiger partial charge in [-0.2, -0.15) is 0 Å². The van der Waals surface area contributed by atoms with Crippen LogP contribution in [0.1, 0.15) is 40.2 Å². The van der Waals surface area contributed by atoms with Crippen LogP contribution in [-0.4, -0.2) is 28.5 Å². The third-order valence-electron chi connectivity index (χ3n) is 4.20. The Bertz CT molecular complexity index is 579. The van der Waals surface area contributed by atoms with Crippen LogP contribution in [0.4, 0.5) is 4.39 Å². The molecule has 1 saturated heterocycles. The molecule has 21 heavy (non-hydrogen) atoms. The minimum Gasteiger partial charge on any atom is -0.508 e. The van der Waals surface area contributed by atoms with Crippen LogP contribution in [0.25, 0.3) is 5.57 Å². The van der Waals surface area contributed by atoms with Crippen molar-refractivity contribution >= 4 is 12.7 Å². The molecule has 1 aromatic rings. The van der Waals surface area contributed by atoms with Gasteiger partial charge in [0.1, 0.15) is 17.2 Å². The highest BCUT2D eigenvalue weighted by molar-refractivity contribution is 6.55. The van der Waals surface area contributed by atoms with Crippen LogP contribution < -0.4 is 0 Å². The van der Waals surface area contributed by atoms with Gasteiger partial charge in [-0.25, -0.2) is 4.39 Å². The van der Waals surface area contributed by atoms with Crippen molar-refractivity contribution in [2.75, 3.05) is 0 Å². The van der Waals surface area contributed by atoms with Crippen molar-refractivity contribution in [2.24, 2.45) is 0 Å². The Morgan fingerprint density at radius 1 is 1.10 bits per heavy atom. The van der Waals surface area contributed by atoms with E-state index in [-0.39, 0.29) is 22.6 Å². The lowest BCUT2D eigenvalue weighted by Crippen LogP contribution is -2.41. The van der Waals surface area contributed by atoms with Crippen molar-refractivity contribution in [3.63, 3.8) is 0 Å². The largest absolute Gasteiger partial charge is 0.525 e. The van der Waals surface area contributed by atoms with Gasteiger partial charge in [-0.1, -0.05) is 0 Å². The predicted molar refractivity (Wildman–Crippen MR) is 79.6 cm³/mol. The maximum absolute atomic E-state index is 14.6. The number of hydrogen-bond donors (Lipinski definition) is 2. The van der Waals surface area contributed by atoms with Gasteiger partial charge >= 0.3 is 7.12 Å². The molecule has 0 atom stereocenters. The van der Waals surface area contributed by atoms with E-state index in [2.05, 4.69) is 0 Å². The second kappa shape index (κ2) is 5.03. The number of phenolic OH excluding ortho intramolecular Hbond substituents is 2. The van der Waals surface area contributed by atoms with E-state index in [1.807, 2.05) is 27.7 Å². The zero-order valence-corrected chi connectivity index (χ0v) is 12.9. The zero-order valence-electron chi connectivity index (χ0n) is 12.9. The SMILES string of the molecule is CC(=C(F)B1OC(C)(C)C(C)(C)O1)c1cc(O)ccc1O. The molecule has 1 heterocycles. The molecule has 0 aliphatic carbocycles. The average molecular weight is 294 g/mol. The van der Waals surface area contributed by atoms with Gasteiger partial charge in [0, 0.05) is 5.56 Å². The van der Waals surface area contributed by atoms with Crippen molar-refractivity contribution in [3.05, 3.63) is 29.5 Å². The van der Waals surface area contributed by atoms with Crippen LogP contribution in [0.5, 0.6) is 11.5 Å². The topological polar surface area (TPSA) is 58.9 Å². The van der Waals surface area contributed by atoms with Crippen molar-refractivity contribution in [2.45, 2.75) is 45.8 Å². The molecule has 0 saturated carbocycles. The highest BCUT2D eigenvalue weighted by Gasteiger charge is 2.53. The summed E-state index contributed by atoms with van der Waals surface area (Å²) in [7, 11) is -1.13. The van der Waals surface area contributed by atoms with Crippen molar-refractivity contribution in [3.8, 4) is 11.5 Å². The summed E-state index contributed by atoms with van der Waals surface area (Å²) >= 11 is 0. The first-order chi connectivity index (χ1) is 9.55. The smallest absolute Gasteiger partial charge is 0.508 e. The summed E-state index contributed by atoms with van der Waals surface area (Å²) in [6, 6.07) is 3.94. The van der Waals surface area contributed by atoms with Crippen molar-refractivity contribution < 1.29 is 23.9 Å². The van der Waals surface area contributed by atoms with E-state index >= 15 is 0 Å². The Balaban J connectivity index is 2.38. The van der Waals surface area contributed by atoms with Crippen LogP contribution in [0, 0.1) is 0 Å². The number of phenols is 2. The quantitative estimate of drug-likeness (QED) is 0.648. The fourth-order valence-corrected chi connectivity index (χ4v) is 2.08. The molecule has 0 spiro atoms. The van der Waals surface area contributed by atoms with E-state index in [1.165, 1.54) is 25.1 Å². The fraction of sp³-hybridized carbons (Fsp3) is 0.467. The molecule has 2 rings (SSSR count). The Morgan fingerprint density at radius 2 is 1.62 bits per heavy atom. The first-order valence-corrected chi connectivity index (χ1v) is 6.79. The average Bonchev–Trinajstić information content (AvgIpc) is 2.59. The van der Waals surface area contributed by atoms with Crippen LogP contribution in [0.3, 0.4) is 0 Å². The van der Waals surface area contributed by atoms with Gasteiger partial charge in [0.05, 0.1) is 11.2 Å². The Kier molecular flexibility index (Phi) is 3.80. The number of halogens is 1. The van der Waals surface area contributed by atoms with Gasteiger partial charge in [-0.15, -0.1) is 0 Å². The van der Waals surface area contributed by atoms with Gasteiger partial charge < -0.3 is 19.5 Å². The molecule has 1 aliphatic heterocycles. The molecule has 114 valence electrons. The number of rotatable bonds is 2. The normalized spacial score (nSPS) is 21.3. The van der Waals surface area contributed by atoms with E-state index in [0.29, 0.717) is 0 Å². The van der Waals surface area contributed by atoms with Crippen LogP contribution >= 0.6 is 0 Å². The predicted octanol–water partition coefficient (Wildman–Crippen LogP) is 3.43. The summed E-state index contributed by atoms with van der Waals surface area (Å²) in [6.45, 7) is 8.85. The number of hydrogen-bond acceptors (Lipinski definition) is 4. The zero-order chi connectivity index (χ0) is 16.0. The third kappa shape index (κ3) is 2.78. The Morgan fingerprint density at radius 3 is 2.14 bits per heavy atom. The molecule has 0 bridgehead atoms. The summed E-state index contributed by atoms with van der Waals surface area (Å²) in [5.74, 6) is -0.166. The van der Waals surface area contributed by atoms with Gasteiger partial charge in [-0.3, -0.25) is 0 Å². The monoisotopic (exact) mass is 294 g/mol. The van der Waals surface area contributed by atoms with Gasteiger partial charge in [0.25, 0.3) is 0 Å². The highest BCUT2D eigenvalue weighted by atomic mass is 19.1. The molecular weight excluding hydrogens is 274 g/mol. The summed E-state index contributed by atoms with van der Waals surface area (Å²) in [5, 5.41) is 19.3. The number of benzene rings is 1. The van der Waals surface area contributed by atoms with Crippen molar-refractivity contribution in [1.82, 2.24) is 0 Å². The number of aromatic hydroxyl groups is 2. The maximum Gasteiger partial charge on any atom is 0.525 e. The third-order valence-corrected chi connectivity index (χ3v) is 4.20. The second-order valence-corrected chi connectivity index (χ2v) is 6.26. The van der Waals surface area contributed by atoms with Gasteiger partial charge in [0.15, 0.2) is 0 Å².